The Labute approximate surface area is 66.4 Å². The number of nitrogens with zero attached hydrogens (tertiary/aromatic N) is 1. The summed E-state index contributed by atoms with van der Waals surface area (Å²) in [7, 11) is 0. The van der Waals surface area contributed by atoms with Crippen LogP contribution in [0.4, 0.5) is 8.78 Å². The smallest absolute Gasteiger partial charge is 0.116 e. The van der Waals surface area contributed by atoms with Crippen LogP contribution in [0.2, 0.25) is 0 Å². The number of hydrogen-bond acceptors (Lipinski definition) is 1. The van der Waals surface area contributed by atoms with E-state index in [2.05, 4.69) is 0 Å². The topological polar surface area (TPSA) is 3.24 Å². The number of alkyl halides is 2. The summed E-state index contributed by atoms with van der Waals surface area (Å²) < 4.78 is 25.5. The highest BCUT2D eigenvalue weighted by Crippen LogP contribution is 2.17. The third-order valence-corrected chi connectivity index (χ3v) is 2.11. The van der Waals surface area contributed by atoms with Crippen LogP contribution in [-0.2, 0) is 0 Å². The zero-order chi connectivity index (χ0) is 8.43. The summed E-state index contributed by atoms with van der Waals surface area (Å²) in [6.45, 7) is 4.73. The number of halogens is 2. The molecule has 0 bridgehead atoms. The first-order chi connectivity index (χ1) is 5.09. The fourth-order valence-electron chi connectivity index (χ4n) is 1.43. The van der Waals surface area contributed by atoms with E-state index in [1.54, 1.807) is 0 Å². The summed E-state index contributed by atoms with van der Waals surface area (Å²) in [5.41, 5.74) is 0. The van der Waals surface area contributed by atoms with Gasteiger partial charge in [-0.1, -0.05) is 0 Å². The van der Waals surface area contributed by atoms with Crippen LogP contribution < -0.4 is 0 Å². The lowest BCUT2D eigenvalue weighted by molar-refractivity contribution is 0.0551. The molecule has 66 valence electrons. The first-order valence-electron chi connectivity index (χ1n) is 4.11. The maximum Gasteiger partial charge on any atom is 0.116 e. The Morgan fingerprint density at radius 3 is 2.00 bits per heavy atom. The van der Waals surface area contributed by atoms with E-state index in [1.165, 1.54) is 0 Å². The average Bonchev–Trinajstić information content (AvgIpc) is 1.85. The Balaban J connectivity index is 2.43. The minimum atomic E-state index is -0.971. The molecule has 0 aliphatic carbocycles. The first-order valence-corrected chi connectivity index (χ1v) is 4.11. The second-order valence-electron chi connectivity index (χ2n) is 3.48. The number of likely N-dealkylation sites (tertiary alicyclic amines) is 1. The maximum absolute atomic E-state index is 12.8. The summed E-state index contributed by atoms with van der Waals surface area (Å²) in [5, 5.41) is 0. The summed E-state index contributed by atoms with van der Waals surface area (Å²) in [6, 6.07) is 0.256. The van der Waals surface area contributed by atoms with Gasteiger partial charge in [-0.3, -0.25) is 4.90 Å². The average molecular weight is 163 g/mol. The van der Waals surface area contributed by atoms with Crippen LogP contribution >= 0.6 is 0 Å². The van der Waals surface area contributed by atoms with Crippen molar-refractivity contribution in [3.63, 3.8) is 0 Å². The Bertz CT molecular complexity index is 117. The molecule has 0 aromatic rings. The van der Waals surface area contributed by atoms with Gasteiger partial charge in [0.25, 0.3) is 0 Å². The molecule has 0 aromatic heterocycles. The van der Waals surface area contributed by atoms with Crippen molar-refractivity contribution in [1.82, 2.24) is 4.90 Å². The van der Waals surface area contributed by atoms with E-state index >= 15 is 0 Å². The SMILES string of the molecule is CC(C)N1C[C@H](F)C[C@H](F)C1. The number of rotatable bonds is 1. The van der Waals surface area contributed by atoms with Crippen LogP contribution in [0.15, 0.2) is 0 Å². The standard InChI is InChI=1S/C8H15F2N/c1-6(2)11-4-7(9)3-8(10)5-11/h6-8H,3-5H2,1-2H3/t7-,8+. The van der Waals surface area contributed by atoms with E-state index in [4.69, 9.17) is 0 Å². The highest BCUT2D eigenvalue weighted by molar-refractivity contribution is 4.80. The molecule has 3 heteroatoms. The molecule has 1 aliphatic rings. The van der Waals surface area contributed by atoms with E-state index < -0.39 is 12.3 Å². The van der Waals surface area contributed by atoms with E-state index in [0.29, 0.717) is 13.1 Å². The van der Waals surface area contributed by atoms with Gasteiger partial charge in [-0.05, 0) is 13.8 Å². The largest absolute Gasteiger partial charge is 0.295 e. The zero-order valence-corrected chi connectivity index (χ0v) is 7.06. The second kappa shape index (κ2) is 3.48. The second-order valence-corrected chi connectivity index (χ2v) is 3.48. The molecule has 1 nitrogen and oxygen atoms in total. The Morgan fingerprint density at radius 2 is 1.64 bits per heavy atom. The van der Waals surface area contributed by atoms with E-state index in [1.807, 2.05) is 18.7 Å². The number of piperidine rings is 1. The lowest BCUT2D eigenvalue weighted by atomic mass is 10.1. The summed E-state index contributed by atoms with van der Waals surface area (Å²) >= 11 is 0. The van der Waals surface area contributed by atoms with Crippen LogP contribution in [0.3, 0.4) is 0 Å². The summed E-state index contributed by atoms with van der Waals surface area (Å²) in [5.74, 6) is 0. The predicted octanol–water partition coefficient (Wildman–Crippen LogP) is 1.78. The van der Waals surface area contributed by atoms with Gasteiger partial charge in [-0.15, -0.1) is 0 Å². The van der Waals surface area contributed by atoms with Crippen LogP contribution in [-0.4, -0.2) is 36.4 Å². The normalized spacial score (nSPS) is 34.6. The molecule has 11 heavy (non-hydrogen) atoms. The quantitative estimate of drug-likeness (QED) is 0.569. The van der Waals surface area contributed by atoms with Crippen molar-refractivity contribution in [2.45, 2.75) is 38.7 Å². The third-order valence-electron chi connectivity index (χ3n) is 2.11. The van der Waals surface area contributed by atoms with E-state index in [-0.39, 0.29) is 12.5 Å². The molecule has 0 saturated carbocycles. The van der Waals surface area contributed by atoms with Gasteiger partial charge in [-0.25, -0.2) is 8.78 Å². The van der Waals surface area contributed by atoms with Crippen molar-refractivity contribution in [1.29, 1.82) is 0 Å². The predicted molar refractivity (Wildman–Crippen MR) is 41.1 cm³/mol. The van der Waals surface area contributed by atoms with Crippen molar-refractivity contribution < 1.29 is 8.78 Å². The maximum atomic E-state index is 12.8. The van der Waals surface area contributed by atoms with E-state index in [0.717, 1.165) is 0 Å². The molecular formula is C8H15F2N. The molecule has 0 radical (unpaired) electrons. The molecule has 0 unspecified atom stereocenters. The minimum Gasteiger partial charge on any atom is -0.295 e. The van der Waals surface area contributed by atoms with Gasteiger partial charge < -0.3 is 0 Å². The van der Waals surface area contributed by atoms with Crippen molar-refractivity contribution >= 4 is 0 Å². The van der Waals surface area contributed by atoms with Crippen molar-refractivity contribution in [3.8, 4) is 0 Å². The fraction of sp³-hybridized carbons (Fsp3) is 1.00. The molecule has 1 rings (SSSR count). The molecule has 0 N–H and O–H groups in total. The Kier molecular flexibility index (Phi) is 2.82. The van der Waals surface area contributed by atoms with E-state index in [9.17, 15) is 8.78 Å². The Hall–Kier alpha value is -0.180. The lowest BCUT2D eigenvalue weighted by Gasteiger charge is -2.33. The molecule has 1 heterocycles. The van der Waals surface area contributed by atoms with Crippen LogP contribution in [0, 0.1) is 0 Å². The Morgan fingerprint density at radius 1 is 1.18 bits per heavy atom. The molecule has 0 spiro atoms. The first kappa shape index (κ1) is 8.91. The van der Waals surface area contributed by atoms with Crippen molar-refractivity contribution in [2.24, 2.45) is 0 Å². The van der Waals surface area contributed by atoms with Gasteiger partial charge in [0.15, 0.2) is 0 Å². The van der Waals surface area contributed by atoms with Gasteiger partial charge in [0.1, 0.15) is 12.3 Å². The van der Waals surface area contributed by atoms with Gasteiger partial charge in [-0.2, -0.15) is 0 Å². The van der Waals surface area contributed by atoms with Crippen LogP contribution in [0.5, 0.6) is 0 Å². The van der Waals surface area contributed by atoms with Crippen molar-refractivity contribution in [3.05, 3.63) is 0 Å². The van der Waals surface area contributed by atoms with Crippen molar-refractivity contribution in [2.75, 3.05) is 13.1 Å². The van der Waals surface area contributed by atoms with Crippen LogP contribution in [0.25, 0.3) is 0 Å². The monoisotopic (exact) mass is 163 g/mol. The molecule has 2 atom stereocenters. The van der Waals surface area contributed by atoms with Crippen LogP contribution in [0.1, 0.15) is 20.3 Å². The molecule has 1 saturated heterocycles. The molecule has 1 fully saturated rings. The fourth-order valence-corrected chi connectivity index (χ4v) is 1.43. The third kappa shape index (κ3) is 2.40. The van der Waals surface area contributed by atoms with Gasteiger partial charge in [0.2, 0.25) is 0 Å². The zero-order valence-electron chi connectivity index (χ0n) is 7.06. The van der Waals surface area contributed by atoms with Gasteiger partial charge >= 0.3 is 0 Å². The minimum absolute atomic E-state index is 0.0865. The molecule has 0 aromatic carbocycles. The highest BCUT2D eigenvalue weighted by atomic mass is 19.1. The van der Waals surface area contributed by atoms with Gasteiger partial charge in [0.05, 0.1) is 0 Å². The summed E-state index contributed by atoms with van der Waals surface area (Å²) in [4.78, 5) is 1.85. The highest BCUT2D eigenvalue weighted by Gasteiger charge is 2.27. The molecule has 1 aliphatic heterocycles. The lowest BCUT2D eigenvalue weighted by Crippen LogP contribution is -2.45. The number of hydrogen-bond donors (Lipinski definition) is 0. The van der Waals surface area contributed by atoms with Gasteiger partial charge in [0, 0.05) is 25.6 Å². The summed E-state index contributed by atoms with van der Waals surface area (Å²) in [6.07, 6.45) is -1.86. The molecule has 0 amide bonds. The molecular weight excluding hydrogens is 148 g/mol.